The number of carbonyl (C=O) groups is 1. The third-order valence-corrected chi connectivity index (χ3v) is 1.99. The van der Waals surface area contributed by atoms with Crippen molar-refractivity contribution in [2.75, 3.05) is 26.0 Å². The molecule has 16 heavy (non-hydrogen) atoms. The molecule has 1 aromatic carbocycles. The number of anilines is 1. The summed E-state index contributed by atoms with van der Waals surface area (Å²) in [5, 5.41) is 2.65. The van der Waals surface area contributed by atoms with Crippen molar-refractivity contribution in [3.63, 3.8) is 0 Å². The molecule has 1 rings (SSSR count). The maximum absolute atomic E-state index is 13.0. The first kappa shape index (κ1) is 12.4. The van der Waals surface area contributed by atoms with Crippen LogP contribution in [0.5, 0.6) is 0 Å². The number of carbonyl (C=O) groups excluding carboxylic acids is 1. The Balaban J connectivity index is 2.52. The van der Waals surface area contributed by atoms with E-state index in [1.165, 1.54) is 12.1 Å². The normalized spacial score (nSPS) is 10.1. The molecule has 0 aliphatic heterocycles. The van der Waals surface area contributed by atoms with E-state index in [0.29, 0.717) is 19.6 Å². The van der Waals surface area contributed by atoms with Crippen molar-refractivity contribution in [2.45, 2.75) is 6.42 Å². The summed E-state index contributed by atoms with van der Waals surface area (Å²) in [5.74, 6) is -0.843. The summed E-state index contributed by atoms with van der Waals surface area (Å²) in [5.41, 5.74) is 5.90. The number of nitrogens with two attached hydrogens (primary N) is 1. The lowest BCUT2D eigenvalue weighted by Crippen LogP contribution is -2.25. The topological polar surface area (TPSA) is 64.3 Å². The van der Waals surface area contributed by atoms with Crippen LogP contribution in [-0.2, 0) is 4.74 Å². The quantitative estimate of drug-likeness (QED) is 0.585. The number of amides is 1. The van der Waals surface area contributed by atoms with Crippen LogP contribution >= 0.6 is 0 Å². The van der Waals surface area contributed by atoms with Crippen LogP contribution in [0.2, 0.25) is 0 Å². The standard InChI is InChI=1S/C11H15FN2O2/c1-16-4-2-3-14-11(15)8-5-9(12)7-10(13)6-8/h5-7H,2-4,13H2,1H3,(H,14,15). The van der Waals surface area contributed by atoms with Gasteiger partial charge in [-0.2, -0.15) is 0 Å². The maximum Gasteiger partial charge on any atom is 0.251 e. The van der Waals surface area contributed by atoms with Gasteiger partial charge in [-0.05, 0) is 24.6 Å². The number of hydrogen-bond donors (Lipinski definition) is 2. The summed E-state index contributed by atoms with van der Waals surface area (Å²) in [7, 11) is 1.59. The second-order valence-electron chi connectivity index (χ2n) is 3.38. The van der Waals surface area contributed by atoms with Gasteiger partial charge in [0.15, 0.2) is 0 Å². The average molecular weight is 226 g/mol. The molecule has 0 aliphatic carbocycles. The molecule has 0 saturated carbocycles. The van der Waals surface area contributed by atoms with Gasteiger partial charge in [0.1, 0.15) is 5.82 Å². The number of methoxy groups -OCH3 is 1. The first-order valence-corrected chi connectivity index (χ1v) is 4.96. The van der Waals surface area contributed by atoms with Gasteiger partial charge >= 0.3 is 0 Å². The first-order chi connectivity index (χ1) is 7.63. The van der Waals surface area contributed by atoms with Crippen LogP contribution in [0.3, 0.4) is 0 Å². The highest BCUT2D eigenvalue weighted by Crippen LogP contribution is 2.10. The van der Waals surface area contributed by atoms with Crippen LogP contribution in [0.4, 0.5) is 10.1 Å². The molecule has 1 aromatic rings. The van der Waals surface area contributed by atoms with Gasteiger partial charge in [0.05, 0.1) is 0 Å². The average Bonchev–Trinajstić information content (AvgIpc) is 2.22. The molecule has 0 saturated heterocycles. The molecule has 4 nitrogen and oxygen atoms in total. The molecule has 0 fully saturated rings. The van der Waals surface area contributed by atoms with Crippen LogP contribution in [0.1, 0.15) is 16.8 Å². The van der Waals surface area contributed by atoms with Crippen molar-refractivity contribution in [3.05, 3.63) is 29.6 Å². The van der Waals surface area contributed by atoms with Crippen LogP contribution in [0.15, 0.2) is 18.2 Å². The third-order valence-electron chi connectivity index (χ3n) is 1.99. The van der Waals surface area contributed by atoms with Crippen LogP contribution in [-0.4, -0.2) is 26.2 Å². The number of nitrogens with one attached hydrogen (secondary N) is 1. The molecule has 0 aromatic heterocycles. The zero-order chi connectivity index (χ0) is 12.0. The molecular weight excluding hydrogens is 211 g/mol. The molecule has 0 unspecified atom stereocenters. The molecule has 1 amide bonds. The van der Waals surface area contributed by atoms with E-state index in [1.807, 2.05) is 0 Å². The molecule has 0 bridgehead atoms. The van der Waals surface area contributed by atoms with Crippen molar-refractivity contribution in [1.82, 2.24) is 5.32 Å². The second-order valence-corrected chi connectivity index (χ2v) is 3.38. The highest BCUT2D eigenvalue weighted by molar-refractivity contribution is 5.95. The maximum atomic E-state index is 13.0. The van der Waals surface area contributed by atoms with Gasteiger partial charge in [-0.25, -0.2) is 4.39 Å². The van der Waals surface area contributed by atoms with Crippen LogP contribution in [0, 0.1) is 5.82 Å². The van der Waals surface area contributed by atoms with E-state index in [4.69, 9.17) is 10.5 Å². The van der Waals surface area contributed by atoms with Crippen molar-refractivity contribution >= 4 is 11.6 Å². The molecular formula is C11H15FN2O2. The number of ether oxygens (including phenoxy) is 1. The summed E-state index contributed by atoms with van der Waals surface area (Å²) in [6.45, 7) is 1.06. The van der Waals surface area contributed by atoms with E-state index in [2.05, 4.69) is 5.32 Å². The van der Waals surface area contributed by atoms with E-state index in [9.17, 15) is 9.18 Å². The van der Waals surface area contributed by atoms with Gasteiger partial charge in [-0.15, -0.1) is 0 Å². The van der Waals surface area contributed by atoms with Gasteiger partial charge in [-0.1, -0.05) is 0 Å². The number of benzene rings is 1. The van der Waals surface area contributed by atoms with Gasteiger partial charge in [0.25, 0.3) is 5.91 Å². The minimum absolute atomic E-state index is 0.231. The Morgan fingerprint density at radius 1 is 1.50 bits per heavy atom. The van der Waals surface area contributed by atoms with E-state index in [0.717, 1.165) is 6.07 Å². The fourth-order valence-corrected chi connectivity index (χ4v) is 1.26. The molecule has 5 heteroatoms. The number of hydrogen-bond acceptors (Lipinski definition) is 3. The van der Waals surface area contributed by atoms with Gasteiger partial charge in [-0.3, -0.25) is 4.79 Å². The Morgan fingerprint density at radius 3 is 2.88 bits per heavy atom. The lowest BCUT2D eigenvalue weighted by Gasteiger charge is -2.05. The highest BCUT2D eigenvalue weighted by Gasteiger charge is 2.07. The zero-order valence-electron chi connectivity index (χ0n) is 9.13. The SMILES string of the molecule is COCCCNC(=O)c1cc(N)cc(F)c1. The van der Waals surface area contributed by atoms with Crippen molar-refractivity contribution in [1.29, 1.82) is 0 Å². The van der Waals surface area contributed by atoms with Crippen molar-refractivity contribution in [2.24, 2.45) is 0 Å². The van der Waals surface area contributed by atoms with Crippen LogP contribution < -0.4 is 11.1 Å². The highest BCUT2D eigenvalue weighted by atomic mass is 19.1. The minimum Gasteiger partial charge on any atom is -0.399 e. The summed E-state index contributed by atoms with van der Waals surface area (Å²) in [6, 6.07) is 3.76. The summed E-state index contributed by atoms with van der Waals surface area (Å²) in [4.78, 5) is 11.5. The summed E-state index contributed by atoms with van der Waals surface area (Å²) in [6.07, 6.45) is 0.715. The number of halogens is 1. The molecule has 0 heterocycles. The Bertz CT molecular complexity index is 349. The van der Waals surface area contributed by atoms with E-state index < -0.39 is 5.82 Å². The third kappa shape index (κ3) is 3.86. The molecule has 3 N–H and O–H groups in total. The predicted octanol–water partition coefficient (Wildman–Crippen LogP) is 1.17. The van der Waals surface area contributed by atoms with Gasteiger partial charge in [0.2, 0.25) is 0 Å². The Kier molecular flexibility index (Phi) is 4.72. The molecule has 0 atom stereocenters. The largest absolute Gasteiger partial charge is 0.399 e. The second kappa shape index (κ2) is 6.07. The minimum atomic E-state index is -0.512. The molecule has 0 radical (unpaired) electrons. The molecule has 88 valence electrons. The number of rotatable bonds is 5. The fraction of sp³-hybridized carbons (Fsp3) is 0.364. The Hall–Kier alpha value is -1.62. The lowest BCUT2D eigenvalue weighted by atomic mass is 10.2. The van der Waals surface area contributed by atoms with Crippen molar-refractivity contribution in [3.8, 4) is 0 Å². The lowest BCUT2D eigenvalue weighted by molar-refractivity contribution is 0.0948. The van der Waals surface area contributed by atoms with E-state index in [-0.39, 0.29) is 17.2 Å². The Morgan fingerprint density at radius 2 is 2.25 bits per heavy atom. The van der Waals surface area contributed by atoms with Crippen LogP contribution in [0.25, 0.3) is 0 Å². The summed E-state index contributed by atoms with van der Waals surface area (Å²) >= 11 is 0. The molecule has 0 spiro atoms. The predicted molar refractivity (Wildman–Crippen MR) is 59.6 cm³/mol. The zero-order valence-corrected chi connectivity index (χ0v) is 9.13. The van der Waals surface area contributed by atoms with E-state index >= 15 is 0 Å². The van der Waals surface area contributed by atoms with Gasteiger partial charge < -0.3 is 15.8 Å². The van der Waals surface area contributed by atoms with Crippen molar-refractivity contribution < 1.29 is 13.9 Å². The molecule has 0 aliphatic rings. The van der Waals surface area contributed by atoms with E-state index in [1.54, 1.807) is 7.11 Å². The first-order valence-electron chi connectivity index (χ1n) is 4.96. The fourth-order valence-electron chi connectivity index (χ4n) is 1.26. The smallest absolute Gasteiger partial charge is 0.251 e. The summed E-state index contributed by atoms with van der Waals surface area (Å²) < 4.78 is 17.8. The monoisotopic (exact) mass is 226 g/mol. The van der Waals surface area contributed by atoms with Gasteiger partial charge in [0, 0.05) is 31.5 Å². The Labute approximate surface area is 93.6 Å². The number of nitrogen functional groups attached to an aromatic ring is 1.